The quantitative estimate of drug-likeness (QED) is 0.823. The third-order valence-electron chi connectivity index (χ3n) is 4.33. The van der Waals surface area contributed by atoms with Gasteiger partial charge in [-0.3, -0.25) is 4.79 Å². The monoisotopic (exact) mass is 416 g/mol. The lowest BCUT2D eigenvalue weighted by Crippen LogP contribution is -2.46. The number of benzene rings is 2. The second-order valence-corrected chi connectivity index (χ2v) is 8.02. The molecule has 0 fully saturated rings. The van der Waals surface area contributed by atoms with Gasteiger partial charge in [-0.2, -0.15) is 0 Å². The van der Waals surface area contributed by atoms with Crippen LogP contribution >= 0.6 is 0 Å². The van der Waals surface area contributed by atoms with Crippen molar-refractivity contribution in [1.82, 2.24) is 5.32 Å². The maximum atomic E-state index is 13.0. The molecule has 1 atom stereocenters. The van der Waals surface area contributed by atoms with Crippen molar-refractivity contribution < 1.29 is 28.2 Å². The van der Waals surface area contributed by atoms with Gasteiger partial charge in [0.05, 0.1) is 5.69 Å². The van der Waals surface area contributed by atoms with Crippen molar-refractivity contribution in [3.05, 3.63) is 53.8 Å². The van der Waals surface area contributed by atoms with Crippen LogP contribution in [-0.2, 0) is 16.1 Å². The van der Waals surface area contributed by atoms with Gasteiger partial charge in [-0.05, 0) is 50.6 Å². The van der Waals surface area contributed by atoms with Gasteiger partial charge in [0.25, 0.3) is 5.91 Å². The van der Waals surface area contributed by atoms with Crippen LogP contribution in [0.3, 0.4) is 0 Å². The lowest BCUT2D eigenvalue weighted by atomic mass is 10.1. The zero-order chi connectivity index (χ0) is 21.9. The van der Waals surface area contributed by atoms with E-state index in [1.807, 2.05) is 20.8 Å². The van der Waals surface area contributed by atoms with Crippen LogP contribution in [0.5, 0.6) is 11.5 Å². The summed E-state index contributed by atoms with van der Waals surface area (Å²) in [6.07, 6.45) is -1.76. The zero-order valence-corrected chi connectivity index (χ0v) is 17.4. The van der Waals surface area contributed by atoms with Gasteiger partial charge < -0.3 is 24.4 Å². The van der Waals surface area contributed by atoms with Gasteiger partial charge in [-0.25, -0.2) is 9.18 Å². The lowest BCUT2D eigenvalue weighted by Gasteiger charge is -2.23. The third-order valence-corrected chi connectivity index (χ3v) is 4.33. The van der Waals surface area contributed by atoms with Crippen molar-refractivity contribution in [1.29, 1.82) is 0 Å². The van der Waals surface area contributed by atoms with E-state index in [-0.39, 0.29) is 19.0 Å². The molecule has 0 unspecified atom stereocenters. The first kappa shape index (κ1) is 21.4. The average Bonchev–Trinajstić information content (AvgIpc) is 2.78. The number of rotatable bonds is 4. The number of carbonyl (C=O) groups excluding carboxylic acids is 2. The summed E-state index contributed by atoms with van der Waals surface area (Å²) < 4.78 is 29.8. The first-order valence-corrected chi connectivity index (χ1v) is 9.53. The number of fused-ring (bicyclic) bond motifs is 1. The Hall–Kier alpha value is -3.29. The van der Waals surface area contributed by atoms with Gasteiger partial charge in [-0.1, -0.05) is 12.1 Å². The molecule has 0 saturated carbocycles. The van der Waals surface area contributed by atoms with Gasteiger partial charge >= 0.3 is 6.09 Å². The Morgan fingerprint density at radius 1 is 1.23 bits per heavy atom. The highest BCUT2D eigenvalue weighted by Gasteiger charge is 2.33. The van der Waals surface area contributed by atoms with E-state index in [1.165, 1.54) is 17.0 Å². The van der Waals surface area contributed by atoms with Gasteiger partial charge in [0, 0.05) is 18.7 Å². The summed E-state index contributed by atoms with van der Waals surface area (Å²) in [4.78, 5) is 26.2. The first-order chi connectivity index (χ1) is 14.1. The molecule has 2 aromatic rings. The van der Waals surface area contributed by atoms with Crippen LogP contribution in [0, 0.1) is 5.82 Å². The van der Waals surface area contributed by atoms with Gasteiger partial charge in [-0.15, -0.1) is 0 Å². The van der Waals surface area contributed by atoms with E-state index in [4.69, 9.17) is 14.2 Å². The Kier molecular flexibility index (Phi) is 6.14. The van der Waals surface area contributed by atoms with E-state index in [1.54, 1.807) is 37.4 Å². The Morgan fingerprint density at radius 3 is 2.60 bits per heavy atom. The molecule has 2 aromatic carbocycles. The van der Waals surface area contributed by atoms with Gasteiger partial charge in [0.1, 0.15) is 30.5 Å². The number of amides is 2. The molecule has 2 amide bonds. The normalized spacial score (nSPS) is 16.2. The van der Waals surface area contributed by atoms with Gasteiger partial charge in [0.2, 0.25) is 6.10 Å². The molecule has 0 saturated heterocycles. The van der Waals surface area contributed by atoms with Crippen molar-refractivity contribution in [2.75, 3.05) is 18.6 Å². The Labute approximate surface area is 174 Å². The van der Waals surface area contributed by atoms with E-state index in [9.17, 15) is 14.0 Å². The minimum atomic E-state index is -1.08. The van der Waals surface area contributed by atoms with E-state index in [2.05, 4.69) is 5.32 Å². The Morgan fingerprint density at radius 2 is 1.93 bits per heavy atom. The van der Waals surface area contributed by atoms with Crippen LogP contribution in [0.15, 0.2) is 42.5 Å². The molecule has 0 bridgehead atoms. The average molecular weight is 416 g/mol. The van der Waals surface area contributed by atoms with Crippen molar-refractivity contribution >= 4 is 17.7 Å². The van der Waals surface area contributed by atoms with Crippen molar-refractivity contribution in [3.8, 4) is 11.5 Å². The molecule has 3 rings (SSSR count). The van der Waals surface area contributed by atoms with E-state index in [0.717, 1.165) is 5.56 Å². The number of anilines is 1. The Balaban J connectivity index is 1.69. The van der Waals surface area contributed by atoms with Crippen LogP contribution in [0.2, 0.25) is 0 Å². The number of nitrogens with zero attached hydrogens (tertiary/aromatic N) is 1. The summed E-state index contributed by atoms with van der Waals surface area (Å²) in [5, 5.41) is 2.66. The molecule has 30 heavy (non-hydrogen) atoms. The van der Waals surface area contributed by atoms with E-state index in [0.29, 0.717) is 17.2 Å². The topological polar surface area (TPSA) is 77.1 Å². The molecule has 7 nitrogen and oxygen atoms in total. The minimum Gasteiger partial charge on any atom is -0.489 e. The molecular weight excluding hydrogens is 391 g/mol. The molecule has 1 aliphatic heterocycles. The summed E-state index contributed by atoms with van der Waals surface area (Å²) >= 11 is 0. The van der Waals surface area contributed by atoms with Crippen LogP contribution < -0.4 is 19.7 Å². The fourth-order valence-electron chi connectivity index (χ4n) is 2.84. The number of hydrogen-bond acceptors (Lipinski definition) is 5. The number of likely N-dealkylation sites (N-methyl/N-ethyl adjacent to an activating group) is 1. The number of nitrogens with one attached hydrogen (secondary N) is 1. The second kappa shape index (κ2) is 8.61. The van der Waals surface area contributed by atoms with E-state index < -0.39 is 23.6 Å². The van der Waals surface area contributed by atoms with Crippen LogP contribution in [0.1, 0.15) is 26.3 Å². The largest absolute Gasteiger partial charge is 0.489 e. The molecule has 160 valence electrons. The van der Waals surface area contributed by atoms with Crippen LogP contribution in [0.25, 0.3) is 0 Å². The van der Waals surface area contributed by atoms with Crippen LogP contribution in [0.4, 0.5) is 14.9 Å². The molecule has 8 heteroatoms. The molecule has 1 heterocycles. The third kappa shape index (κ3) is 5.40. The predicted octanol–water partition coefficient (Wildman–Crippen LogP) is 3.65. The highest BCUT2D eigenvalue weighted by molar-refractivity contribution is 5.99. The summed E-state index contributed by atoms with van der Waals surface area (Å²) in [6.45, 7) is 5.60. The van der Waals surface area contributed by atoms with Crippen molar-refractivity contribution in [2.24, 2.45) is 0 Å². The summed E-state index contributed by atoms with van der Waals surface area (Å²) in [7, 11) is 1.58. The fraction of sp³-hybridized carbons (Fsp3) is 0.364. The number of halogens is 1. The van der Waals surface area contributed by atoms with E-state index >= 15 is 0 Å². The molecule has 0 radical (unpaired) electrons. The maximum absolute atomic E-state index is 13.0. The van der Waals surface area contributed by atoms with Crippen molar-refractivity contribution in [2.45, 2.75) is 39.0 Å². The summed E-state index contributed by atoms with van der Waals surface area (Å²) in [5.41, 5.74) is 0.821. The molecule has 0 aromatic heterocycles. The number of carbonyl (C=O) groups is 2. The minimum absolute atomic E-state index is 0.0937. The SMILES string of the molecule is CN1C(=O)[C@@H](OC(=O)NC(C)(C)C)COc2ccc(OCc3ccc(F)cc3)cc21. The maximum Gasteiger partial charge on any atom is 0.408 e. The summed E-state index contributed by atoms with van der Waals surface area (Å²) in [6, 6.07) is 11.1. The first-order valence-electron chi connectivity index (χ1n) is 9.53. The highest BCUT2D eigenvalue weighted by atomic mass is 19.1. The molecule has 1 N–H and O–H groups in total. The lowest BCUT2D eigenvalue weighted by molar-refractivity contribution is -0.127. The highest BCUT2D eigenvalue weighted by Crippen LogP contribution is 2.34. The predicted molar refractivity (Wildman–Crippen MR) is 109 cm³/mol. The van der Waals surface area contributed by atoms with Gasteiger partial charge in [0.15, 0.2) is 0 Å². The van der Waals surface area contributed by atoms with Crippen LogP contribution in [-0.4, -0.2) is 37.3 Å². The zero-order valence-electron chi connectivity index (χ0n) is 17.4. The van der Waals surface area contributed by atoms with Crippen molar-refractivity contribution in [3.63, 3.8) is 0 Å². The molecule has 0 spiro atoms. The number of ether oxygens (including phenoxy) is 3. The number of alkyl carbamates (subject to hydrolysis) is 1. The Bertz CT molecular complexity index is 924. The standard InChI is InChI=1S/C22H25FN2O5/c1-22(2,3)24-21(27)30-19-13-29-18-10-9-16(11-17(18)25(4)20(19)26)28-12-14-5-7-15(23)8-6-14/h5-11,19H,12-13H2,1-4H3,(H,24,27)/t19-/m0/s1. The fourth-order valence-corrected chi connectivity index (χ4v) is 2.84. The molecule has 0 aliphatic carbocycles. The molecule has 1 aliphatic rings. The number of hydrogen-bond donors (Lipinski definition) is 1. The summed E-state index contributed by atoms with van der Waals surface area (Å²) in [5.74, 6) is 0.274. The smallest absolute Gasteiger partial charge is 0.408 e. The second-order valence-electron chi connectivity index (χ2n) is 8.02. The molecular formula is C22H25FN2O5.